The minimum absolute atomic E-state index is 0.0977. The Hall–Kier alpha value is -1.39. The predicted octanol–water partition coefficient (Wildman–Crippen LogP) is 4.83. The Morgan fingerprint density at radius 1 is 1.22 bits per heavy atom. The number of hydrogen-bond acceptors (Lipinski definition) is 3. The van der Waals surface area contributed by atoms with Crippen molar-refractivity contribution >= 4 is 29.4 Å². The van der Waals surface area contributed by atoms with E-state index in [2.05, 4.69) is 54.7 Å². The zero-order valence-electron chi connectivity index (χ0n) is 13.4. The summed E-state index contributed by atoms with van der Waals surface area (Å²) in [5, 5.41) is 3.14. The standard InChI is InChI=1S/C19H21NOS2/c1-13-7-9-15(10-8-13)23-14(2)19(21)20-17-11-12-22-18-6-4-3-5-16(17)18/h3-10,14,17H,11-12H2,1-2H3,(H,20,21). The lowest BCUT2D eigenvalue weighted by Gasteiger charge is -2.27. The highest BCUT2D eigenvalue weighted by molar-refractivity contribution is 8.00. The summed E-state index contributed by atoms with van der Waals surface area (Å²) in [5.74, 6) is 1.17. The summed E-state index contributed by atoms with van der Waals surface area (Å²) in [7, 11) is 0. The summed E-state index contributed by atoms with van der Waals surface area (Å²) in [6.07, 6.45) is 0.995. The first kappa shape index (κ1) is 16.5. The molecule has 1 aliphatic rings. The first-order valence-corrected chi connectivity index (χ1v) is 9.75. The number of carbonyl (C=O) groups excluding carboxylic acids is 1. The number of aryl methyl sites for hydroxylation is 1. The fraction of sp³-hybridized carbons (Fsp3) is 0.316. The van der Waals surface area contributed by atoms with E-state index in [1.807, 2.05) is 24.8 Å². The molecule has 1 heterocycles. The molecule has 0 aliphatic carbocycles. The van der Waals surface area contributed by atoms with E-state index in [0.29, 0.717) is 0 Å². The second kappa shape index (κ2) is 7.45. The van der Waals surface area contributed by atoms with E-state index in [0.717, 1.165) is 17.1 Å². The Kier molecular flexibility index (Phi) is 5.34. The van der Waals surface area contributed by atoms with Crippen LogP contribution in [0.3, 0.4) is 0 Å². The van der Waals surface area contributed by atoms with Crippen molar-refractivity contribution in [3.05, 3.63) is 59.7 Å². The van der Waals surface area contributed by atoms with Crippen molar-refractivity contribution < 1.29 is 4.79 Å². The minimum atomic E-state index is -0.0977. The van der Waals surface area contributed by atoms with Gasteiger partial charge in [0.15, 0.2) is 0 Å². The van der Waals surface area contributed by atoms with Gasteiger partial charge in [-0.2, -0.15) is 0 Å². The van der Waals surface area contributed by atoms with Crippen molar-refractivity contribution in [3.8, 4) is 0 Å². The van der Waals surface area contributed by atoms with Crippen LogP contribution in [-0.4, -0.2) is 16.9 Å². The van der Waals surface area contributed by atoms with Gasteiger partial charge >= 0.3 is 0 Å². The van der Waals surface area contributed by atoms with E-state index < -0.39 is 0 Å². The van der Waals surface area contributed by atoms with Crippen LogP contribution in [0, 0.1) is 6.92 Å². The van der Waals surface area contributed by atoms with Gasteiger partial charge in [0.1, 0.15) is 0 Å². The molecule has 0 aromatic heterocycles. The Morgan fingerprint density at radius 2 is 1.96 bits per heavy atom. The number of benzene rings is 2. The molecule has 120 valence electrons. The van der Waals surface area contributed by atoms with Gasteiger partial charge in [-0.15, -0.1) is 23.5 Å². The maximum Gasteiger partial charge on any atom is 0.233 e. The van der Waals surface area contributed by atoms with Gasteiger partial charge in [0, 0.05) is 15.5 Å². The van der Waals surface area contributed by atoms with Crippen molar-refractivity contribution in [2.75, 3.05) is 5.75 Å². The third kappa shape index (κ3) is 4.12. The van der Waals surface area contributed by atoms with E-state index >= 15 is 0 Å². The molecule has 0 bridgehead atoms. The van der Waals surface area contributed by atoms with Crippen molar-refractivity contribution in [2.45, 2.75) is 41.4 Å². The van der Waals surface area contributed by atoms with Gasteiger partial charge < -0.3 is 5.32 Å². The smallest absolute Gasteiger partial charge is 0.233 e. The van der Waals surface area contributed by atoms with Crippen molar-refractivity contribution in [1.82, 2.24) is 5.32 Å². The van der Waals surface area contributed by atoms with Gasteiger partial charge in [-0.25, -0.2) is 0 Å². The lowest BCUT2D eigenvalue weighted by Crippen LogP contribution is -2.35. The molecule has 23 heavy (non-hydrogen) atoms. The number of hydrogen-bond donors (Lipinski definition) is 1. The number of fused-ring (bicyclic) bond motifs is 1. The molecule has 3 rings (SSSR count). The molecular weight excluding hydrogens is 322 g/mol. The number of carbonyl (C=O) groups is 1. The van der Waals surface area contributed by atoms with Crippen LogP contribution in [0.2, 0.25) is 0 Å². The molecular formula is C19H21NOS2. The minimum Gasteiger partial charge on any atom is -0.348 e. The quantitative estimate of drug-likeness (QED) is 0.806. The lowest BCUT2D eigenvalue weighted by molar-refractivity contribution is -0.121. The third-order valence-electron chi connectivity index (χ3n) is 3.98. The van der Waals surface area contributed by atoms with Gasteiger partial charge in [-0.05, 0) is 44.0 Å². The predicted molar refractivity (Wildman–Crippen MR) is 99.2 cm³/mol. The molecule has 0 saturated heterocycles. The Morgan fingerprint density at radius 3 is 2.74 bits per heavy atom. The molecule has 2 aromatic rings. The normalized spacial score (nSPS) is 18.1. The van der Waals surface area contributed by atoms with Crippen LogP contribution in [0.15, 0.2) is 58.3 Å². The molecule has 4 heteroatoms. The van der Waals surface area contributed by atoms with Gasteiger partial charge in [-0.1, -0.05) is 35.9 Å². The molecule has 2 nitrogen and oxygen atoms in total. The highest BCUT2D eigenvalue weighted by atomic mass is 32.2. The molecule has 0 fully saturated rings. The molecule has 0 radical (unpaired) electrons. The average Bonchev–Trinajstić information content (AvgIpc) is 2.57. The first-order chi connectivity index (χ1) is 11.1. The Balaban J connectivity index is 1.64. The zero-order valence-corrected chi connectivity index (χ0v) is 15.0. The fourth-order valence-electron chi connectivity index (χ4n) is 2.66. The van der Waals surface area contributed by atoms with E-state index in [4.69, 9.17) is 0 Å². The second-order valence-corrected chi connectivity index (χ2v) is 8.36. The molecule has 1 N–H and O–H groups in total. The molecule has 2 unspecified atom stereocenters. The average molecular weight is 344 g/mol. The van der Waals surface area contributed by atoms with E-state index in [-0.39, 0.29) is 17.2 Å². The van der Waals surface area contributed by atoms with Crippen molar-refractivity contribution in [3.63, 3.8) is 0 Å². The summed E-state index contributed by atoms with van der Waals surface area (Å²) < 4.78 is 0. The molecule has 1 aliphatic heterocycles. The largest absolute Gasteiger partial charge is 0.348 e. The molecule has 0 saturated carbocycles. The van der Waals surface area contributed by atoms with E-state index in [1.165, 1.54) is 16.0 Å². The van der Waals surface area contributed by atoms with Crippen LogP contribution >= 0.6 is 23.5 Å². The molecule has 2 atom stereocenters. The summed E-state index contributed by atoms with van der Waals surface area (Å²) in [6.45, 7) is 4.05. The van der Waals surface area contributed by atoms with Crippen LogP contribution in [-0.2, 0) is 4.79 Å². The maximum absolute atomic E-state index is 12.6. The fourth-order valence-corrected chi connectivity index (χ4v) is 4.66. The summed E-state index contributed by atoms with van der Waals surface area (Å²) in [6, 6.07) is 16.9. The van der Waals surface area contributed by atoms with Gasteiger partial charge in [-0.3, -0.25) is 4.79 Å². The van der Waals surface area contributed by atoms with Crippen LogP contribution in [0.25, 0.3) is 0 Å². The van der Waals surface area contributed by atoms with Crippen LogP contribution in [0.4, 0.5) is 0 Å². The topological polar surface area (TPSA) is 29.1 Å². The Labute approximate surface area is 146 Å². The number of nitrogens with one attached hydrogen (secondary N) is 1. The summed E-state index contributed by atoms with van der Waals surface area (Å²) in [5.41, 5.74) is 2.49. The van der Waals surface area contributed by atoms with Crippen LogP contribution in [0.1, 0.15) is 30.5 Å². The highest BCUT2D eigenvalue weighted by Gasteiger charge is 2.24. The zero-order chi connectivity index (χ0) is 16.2. The van der Waals surface area contributed by atoms with E-state index in [1.54, 1.807) is 11.8 Å². The highest BCUT2D eigenvalue weighted by Crippen LogP contribution is 2.36. The van der Waals surface area contributed by atoms with Crippen molar-refractivity contribution in [2.24, 2.45) is 0 Å². The third-order valence-corrected chi connectivity index (χ3v) is 6.21. The van der Waals surface area contributed by atoms with Crippen LogP contribution < -0.4 is 5.32 Å². The second-order valence-electron chi connectivity index (χ2n) is 5.81. The summed E-state index contributed by atoms with van der Waals surface area (Å²) >= 11 is 3.49. The number of thioether (sulfide) groups is 2. The monoisotopic (exact) mass is 343 g/mol. The van der Waals surface area contributed by atoms with Crippen molar-refractivity contribution in [1.29, 1.82) is 0 Å². The van der Waals surface area contributed by atoms with Gasteiger partial charge in [0.25, 0.3) is 0 Å². The first-order valence-electron chi connectivity index (χ1n) is 7.89. The lowest BCUT2D eigenvalue weighted by atomic mass is 10.0. The van der Waals surface area contributed by atoms with Gasteiger partial charge in [0.05, 0.1) is 11.3 Å². The van der Waals surface area contributed by atoms with Gasteiger partial charge in [0.2, 0.25) is 5.91 Å². The Bertz CT molecular complexity index is 684. The molecule has 2 aromatic carbocycles. The van der Waals surface area contributed by atoms with E-state index in [9.17, 15) is 4.79 Å². The number of amides is 1. The number of rotatable bonds is 4. The molecule has 0 spiro atoms. The SMILES string of the molecule is Cc1ccc(SC(C)C(=O)NC2CCSc3ccccc32)cc1. The maximum atomic E-state index is 12.6. The molecule has 1 amide bonds. The summed E-state index contributed by atoms with van der Waals surface area (Å²) in [4.78, 5) is 15.0. The van der Waals surface area contributed by atoms with Crippen LogP contribution in [0.5, 0.6) is 0 Å².